The number of hydrogen-bond donors (Lipinski definition) is 0. The summed E-state index contributed by atoms with van der Waals surface area (Å²) in [4.78, 5) is 2.12. The third kappa shape index (κ3) is 5.19. The van der Waals surface area contributed by atoms with E-state index in [0.29, 0.717) is 12.6 Å². The molecule has 0 aromatic heterocycles. The summed E-state index contributed by atoms with van der Waals surface area (Å²) in [7, 11) is 1.96. The number of hydrogen-bond acceptors (Lipinski definition) is 1. The van der Waals surface area contributed by atoms with Gasteiger partial charge in [-0.3, -0.25) is 0 Å². The van der Waals surface area contributed by atoms with Gasteiger partial charge in [-0.25, -0.2) is 0 Å². The lowest BCUT2D eigenvalue weighted by atomic mass is 9.93. The minimum atomic E-state index is -4.02. The van der Waals surface area contributed by atoms with E-state index >= 15 is 0 Å². The van der Waals surface area contributed by atoms with Gasteiger partial charge >= 0.3 is 6.18 Å². The molecule has 0 aromatic carbocycles. The van der Waals surface area contributed by atoms with E-state index in [4.69, 9.17) is 0 Å². The molecule has 0 aliphatic heterocycles. The highest BCUT2D eigenvalue weighted by molar-refractivity contribution is 4.75. The van der Waals surface area contributed by atoms with Gasteiger partial charge in [0.1, 0.15) is 0 Å². The summed E-state index contributed by atoms with van der Waals surface area (Å²) in [5, 5.41) is 0. The van der Waals surface area contributed by atoms with E-state index in [0.717, 1.165) is 12.8 Å². The molecule has 0 radical (unpaired) electrons. The molecule has 0 heterocycles. The van der Waals surface area contributed by atoms with Crippen molar-refractivity contribution in [2.24, 2.45) is 5.92 Å². The van der Waals surface area contributed by atoms with E-state index in [9.17, 15) is 13.2 Å². The molecule has 1 nitrogen and oxygen atoms in total. The van der Waals surface area contributed by atoms with E-state index in [1.807, 2.05) is 7.05 Å². The molecular weight excluding hydrogens is 215 g/mol. The third-order valence-corrected chi connectivity index (χ3v) is 3.38. The van der Waals surface area contributed by atoms with Crippen molar-refractivity contribution in [2.45, 2.75) is 57.7 Å². The molecule has 0 N–H and O–H groups in total. The van der Waals surface area contributed by atoms with Crippen molar-refractivity contribution in [1.29, 1.82) is 0 Å². The zero-order chi connectivity index (χ0) is 12.2. The van der Waals surface area contributed by atoms with Gasteiger partial charge in [0.15, 0.2) is 0 Å². The molecule has 0 saturated heterocycles. The fourth-order valence-electron chi connectivity index (χ4n) is 2.62. The van der Waals surface area contributed by atoms with Crippen LogP contribution in [0.4, 0.5) is 13.2 Å². The molecule has 96 valence electrons. The van der Waals surface area contributed by atoms with Gasteiger partial charge < -0.3 is 4.90 Å². The number of halogens is 3. The Hall–Kier alpha value is -0.250. The van der Waals surface area contributed by atoms with Crippen molar-refractivity contribution >= 4 is 0 Å². The Morgan fingerprint density at radius 2 is 1.75 bits per heavy atom. The fraction of sp³-hybridized carbons (Fsp3) is 1.00. The second-order valence-electron chi connectivity index (χ2n) is 5.16. The second kappa shape index (κ2) is 5.89. The van der Waals surface area contributed by atoms with Gasteiger partial charge in [-0.1, -0.05) is 26.2 Å². The molecule has 1 aliphatic carbocycles. The Balaban J connectivity index is 2.29. The van der Waals surface area contributed by atoms with Gasteiger partial charge in [-0.05, 0) is 25.8 Å². The van der Waals surface area contributed by atoms with Gasteiger partial charge in [0, 0.05) is 19.0 Å². The first-order valence-corrected chi connectivity index (χ1v) is 6.15. The predicted octanol–water partition coefficient (Wildman–Crippen LogP) is 3.84. The summed E-state index contributed by atoms with van der Waals surface area (Å²) in [6.07, 6.45) is 1.34. The van der Waals surface area contributed by atoms with Crippen LogP contribution >= 0.6 is 0 Å². The third-order valence-electron chi connectivity index (χ3n) is 3.38. The van der Waals surface area contributed by atoms with Crippen molar-refractivity contribution in [1.82, 2.24) is 4.90 Å². The van der Waals surface area contributed by atoms with Crippen LogP contribution in [0.3, 0.4) is 0 Å². The van der Waals surface area contributed by atoms with Crippen molar-refractivity contribution in [3.05, 3.63) is 0 Å². The van der Waals surface area contributed by atoms with E-state index in [1.165, 1.54) is 19.3 Å². The van der Waals surface area contributed by atoms with E-state index in [2.05, 4.69) is 4.90 Å². The SMILES string of the molecule is CC(CN(C)C1CCCCC1)CC(F)(F)F. The van der Waals surface area contributed by atoms with Gasteiger partial charge in [0.25, 0.3) is 0 Å². The van der Waals surface area contributed by atoms with Crippen LogP contribution in [0, 0.1) is 5.92 Å². The minimum absolute atomic E-state index is 0.299. The number of alkyl halides is 3. The zero-order valence-electron chi connectivity index (χ0n) is 10.2. The molecule has 1 aliphatic rings. The van der Waals surface area contributed by atoms with Crippen LogP contribution < -0.4 is 0 Å². The Morgan fingerprint density at radius 3 is 2.25 bits per heavy atom. The minimum Gasteiger partial charge on any atom is -0.303 e. The lowest BCUT2D eigenvalue weighted by Gasteiger charge is -2.33. The normalized spacial score (nSPS) is 21.4. The fourth-order valence-corrected chi connectivity index (χ4v) is 2.62. The zero-order valence-corrected chi connectivity index (χ0v) is 10.2. The highest BCUT2D eigenvalue weighted by Gasteiger charge is 2.31. The van der Waals surface area contributed by atoms with Crippen LogP contribution in [0.15, 0.2) is 0 Å². The van der Waals surface area contributed by atoms with Crippen molar-refractivity contribution in [2.75, 3.05) is 13.6 Å². The molecule has 4 heteroatoms. The summed E-state index contributed by atoms with van der Waals surface area (Å²) >= 11 is 0. The quantitative estimate of drug-likeness (QED) is 0.718. The molecule has 1 rings (SSSR count). The average Bonchev–Trinajstić information content (AvgIpc) is 2.16. The largest absolute Gasteiger partial charge is 0.389 e. The summed E-state index contributed by atoms with van der Waals surface area (Å²) in [6.45, 7) is 2.25. The maximum absolute atomic E-state index is 12.2. The smallest absolute Gasteiger partial charge is 0.303 e. The lowest BCUT2D eigenvalue weighted by molar-refractivity contribution is -0.144. The van der Waals surface area contributed by atoms with Crippen LogP contribution in [-0.4, -0.2) is 30.7 Å². The Morgan fingerprint density at radius 1 is 1.19 bits per heavy atom. The second-order valence-corrected chi connectivity index (χ2v) is 5.16. The summed E-state index contributed by atoms with van der Waals surface area (Å²) in [5.74, 6) is -0.299. The summed E-state index contributed by atoms with van der Waals surface area (Å²) in [5.41, 5.74) is 0. The first-order valence-electron chi connectivity index (χ1n) is 6.15. The Labute approximate surface area is 96.0 Å². The molecule has 0 amide bonds. The molecule has 16 heavy (non-hydrogen) atoms. The monoisotopic (exact) mass is 237 g/mol. The van der Waals surface area contributed by atoms with Crippen LogP contribution in [0.1, 0.15) is 45.4 Å². The average molecular weight is 237 g/mol. The highest BCUT2D eigenvalue weighted by atomic mass is 19.4. The van der Waals surface area contributed by atoms with Crippen LogP contribution in [0.25, 0.3) is 0 Å². The molecule has 0 bridgehead atoms. The maximum Gasteiger partial charge on any atom is 0.389 e. The van der Waals surface area contributed by atoms with Gasteiger partial charge in [-0.2, -0.15) is 13.2 Å². The van der Waals surface area contributed by atoms with Gasteiger partial charge in [-0.15, -0.1) is 0 Å². The summed E-state index contributed by atoms with van der Waals surface area (Å²) in [6, 6.07) is 0.504. The molecule has 1 fully saturated rings. The molecule has 0 aromatic rings. The highest BCUT2D eigenvalue weighted by Crippen LogP contribution is 2.27. The predicted molar refractivity (Wildman–Crippen MR) is 59.3 cm³/mol. The molecular formula is C12H22F3N. The first kappa shape index (κ1) is 13.8. The van der Waals surface area contributed by atoms with E-state index in [1.54, 1.807) is 6.92 Å². The van der Waals surface area contributed by atoms with E-state index in [-0.39, 0.29) is 5.92 Å². The van der Waals surface area contributed by atoms with Crippen molar-refractivity contribution in [3.8, 4) is 0 Å². The van der Waals surface area contributed by atoms with Crippen LogP contribution in [0.5, 0.6) is 0 Å². The van der Waals surface area contributed by atoms with Crippen LogP contribution in [-0.2, 0) is 0 Å². The van der Waals surface area contributed by atoms with Gasteiger partial charge in [0.2, 0.25) is 0 Å². The van der Waals surface area contributed by atoms with Crippen molar-refractivity contribution in [3.63, 3.8) is 0 Å². The standard InChI is InChI=1S/C12H22F3N/c1-10(8-12(13,14)15)9-16(2)11-6-4-3-5-7-11/h10-11H,3-9H2,1-2H3. The maximum atomic E-state index is 12.2. The molecule has 1 unspecified atom stereocenters. The lowest BCUT2D eigenvalue weighted by Crippen LogP contribution is -2.37. The number of nitrogens with zero attached hydrogens (tertiary/aromatic N) is 1. The Kier molecular flexibility index (Phi) is 5.09. The summed E-state index contributed by atoms with van der Waals surface area (Å²) < 4.78 is 36.5. The van der Waals surface area contributed by atoms with Gasteiger partial charge in [0.05, 0.1) is 0 Å². The van der Waals surface area contributed by atoms with Crippen molar-refractivity contribution < 1.29 is 13.2 Å². The molecule has 1 atom stereocenters. The molecule has 1 saturated carbocycles. The van der Waals surface area contributed by atoms with E-state index < -0.39 is 12.6 Å². The topological polar surface area (TPSA) is 3.24 Å². The molecule has 0 spiro atoms. The van der Waals surface area contributed by atoms with Crippen LogP contribution in [0.2, 0.25) is 0 Å². The first-order chi connectivity index (χ1) is 7.38. The number of rotatable bonds is 4. The Bertz CT molecular complexity index is 197.